The third-order valence-corrected chi connectivity index (χ3v) is 3.84. The molecule has 0 heterocycles. The molecule has 1 aromatic carbocycles. The Morgan fingerprint density at radius 2 is 2.00 bits per heavy atom. The molecule has 0 saturated carbocycles. The van der Waals surface area contributed by atoms with Gasteiger partial charge in [0, 0.05) is 19.2 Å². The molecular weight excluding hydrogens is 292 g/mol. The molecule has 132 valence electrons. The van der Waals surface area contributed by atoms with E-state index in [1.165, 1.54) is 0 Å². The summed E-state index contributed by atoms with van der Waals surface area (Å²) in [5.74, 6) is 1.69. The normalized spacial score (nSPS) is 12.4. The average Bonchev–Trinajstić information content (AvgIpc) is 2.56. The van der Waals surface area contributed by atoms with Gasteiger partial charge in [-0.15, -0.1) is 0 Å². The van der Waals surface area contributed by atoms with Crippen molar-refractivity contribution in [3.63, 3.8) is 0 Å². The van der Waals surface area contributed by atoms with E-state index >= 15 is 0 Å². The van der Waals surface area contributed by atoms with Crippen LogP contribution in [0.4, 0.5) is 0 Å². The van der Waals surface area contributed by atoms with Crippen LogP contribution >= 0.6 is 0 Å². The molecular formula is C18H32N2O3. The molecule has 0 aliphatic carbocycles. The molecule has 0 aliphatic heterocycles. The van der Waals surface area contributed by atoms with Crippen LogP contribution in [0.25, 0.3) is 0 Å². The van der Waals surface area contributed by atoms with Crippen LogP contribution in [0.15, 0.2) is 18.2 Å². The molecule has 23 heavy (non-hydrogen) atoms. The lowest BCUT2D eigenvalue weighted by Gasteiger charge is -2.19. The summed E-state index contributed by atoms with van der Waals surface area (Å²) in [5.41, 5.74) is 1.16. The zero-order chi connectivity index (χ0) is 17.1. The number of nitrogens with zero attached hydrogens (tertiary/aromatic N) is 1. The van der Waals surface area contributed by atoms with Crippen LogP contribution in [0.2, 0.25) is 0 Å². The van der Waals surface area contributed by atoms with Crippen LogP contribution in [-0.2, 0) is 6.42 Å². The van der Waals surface area contributed by atoms with E-state index in [0.717, 1.165) is 49.7 Å². The molecule has 0 fully saturated rings. The number of aliphatic hydroxyl groups is 1. The number of methoxy groups -OCH3 is 1. The van der Waals surface area contributed by atoms with E-state index in [-0.39, 0.29) is 6.10 Å². The van der Waals surface area contributed by atoms with E-state index in [1.807, 2.05) is 12.1 Å². The summed E-state index contributed by atoms with van der Waals surface area (Å²) < 4.78 is 11.3. The summed E-state index contributed by atoms with van der Waals surface area (Å²) in [6.07, 6.45) is 0.535. The summed E-state index contributed by atoms with van der Waals surface area (Å²) in [5, 5.41) is 12.5. The monoisotopic (exact) mass is 324 g/mol. The Kier molecular flexibility index (Phi) is 9.67. The van der Waals surface area contributed by atoms with Crippen molar-refractivity contribution in [3.8, 4) is 11.5 Å². The van der Waals surface area contributed by atoms with E-state index in [2.05, 4.69) is 30.1 Å². The number of ether oxygens (including phenoxy) is 2. The number of hydrogen-bond donors (Lipinski definition) is 2. The Morgan fingerprint density at radius 1 is 1.26 bits per heavy atom. The maximum atomic E-state index is 9.28. The smallest absolute Gasteiger partial charge is 0.126 e. The van der Waals surface area contributed by atoms with E-state index in [9.17, 15) is 5.11 Å². The van der Waals surface area contributed by atoms with E-state index < -0.39 is 0 Å². The number of hydrogen-bond acceptors (Lipinski definition) is 5. The average molecular weight is 324 g/mol. The Morgan fingerprint density at radius 3 is 2.61 bits per heavy atom. The van der Waals surface area contributed by atoms with Gasteiger partial charge in [0.15, 0.2) is 0 Å². The van der Waals surface area contributed by atoms with Gasteiger partial charge in [-0.25, -0.2) is 0 Å². The number of benzene rings is 1. The lowest BCUT2D eigenvalue weighted by Crippen LogP contribution is -2.28. The second-order valence-electron chi connectivity index (χ2n) is 5.65. The van der Waals surface area contributed by atoms with Gasteiger partial charge in [0.25, 0.3) is 0 Å². The molecule has 0 amide bonds. The first-order valence-corrected chi connectivity index (χ1v) is 8.51. The Balaban J connectivity index is 2.58. The van der Waals surface area contributed by atoms with Crippen molar-refractivity contribution in [1.82, 2.24) is 10.2 Å². The summed E-state index contributed by atoms with van der Waals surface area (Å²) >= 11 is 0. The molecule has 1 atom stereocenters. The first-order valence-electron chi connectivity index (χ1n) is 8.51. The van der Waals surface area contributed by atoms with Crippen LogP contribution in [0, 0.1) is 0 Å². The zero-order valence-electron chi connectivity index (χ0n) is 15.0. The second-order valence-corrected chi connectivity index (χ2v) is 5.65. The minimum atomic E-state index is -0.323. The van der Waals surface area contributed by atoms with Gasteiger partial charge in [-0.3, -0.25) is 0 Å². The molecule has 1 rings (SSSR count). The largest absolute Gasteiger partial charge is 0.497 e. The van der Waals surface area contributed by atoms with Gasteiger partial charge in [0.2, 0.25) is 0 Å². The van der Waals surface area contributed by atoms with Crippen molar-refractivity contribution in [3.05, 3.63) is 23.8 Å². The number of rotatable bonds is 12. The zero-order valence-corrected chi connectivity index (χ0v) is 15.0. The maximum absolute atomic E-state index is 9.28. The van der Waals surface area contributed by atoms with Gasteiger partial charge >= 0.3 is 0 Å². The van der Waals surface area contributed by atoms with E-state index in [1.54, 1.807) is 14.0 Å². The fourth-order valence-electron chi connectivity index (χ4n) is 2.36. The van der Waals surface area contributed by atoms with Gasteiger partial charge in [-0.1, -0.05) is 19.9 Å². The maximum Gasteiger partial charge on any atom is 0.126 e. The van der Waals surface area contributed by atoms with Gasteiger partial charge in [0.05, 0.1) is 13.2 Å². The van der Waals surface area contributed by atoms with Crippen molar-refractivity contribution in [2.75, 3.05) is 46.4 Å². The summed E-state index contributed by atoms with van der Waals surface area (Å²) in [4.78, 5) is 2.34. The van der Waals surface area contributed by atoms with Gasteiger partial charge in [0.1, 0.15) is 18.1 Å². The molecule has 0 spiro atoms. The Bertz CT molecular complexity index is 434. The Hall–Kier alpha value is -1.30. The minimum Gasteiger partial charge on any atom is -0.497 e. The van der Waals surface area contributed by atoms with Gasteiger partial charge < -0.3 is 24.8 Å². The van der Waals surface area contributed by atoms with Crippen LogP contribution in [0.5, 0.6) is 11.5 Å². The number of aliphatic hydroxyl groups excluding tert-OH is 1. The number of nitrogens with one attached hydrogen (secondary N) is 1. The molecule has 0 aliphatic rings. The topological polar surface area (TPSA) is 54.0 Å². The predicted octanol–water partition coefficient (Wildman–Crippen LogP) is 1.93. The molecule has 0 bridgehead atoms. The fraction of sp³-hybridized carbons (Fsp3) is 0.667. The lowest BCUT2D eigenvalue weighted by molar-refractivity contribution is 0.191. The summed E-state index contributed by atoms with van der Waals surface area (Å²) in [6, 6.07) is 5.96. The van der Waals surface area contributed by atoms with Crippen LogP contribution in [0.1, 0.15) is 26.3 Å². The highest BCUT2D eigenvalue weighted by Gasteiger charge is 2.07. The van der Waals surface area contributed by atoms with Gasteiger partial charge in [-0.05, 0) is 44.6 Å². The third-order valence-electron chi connectivity index (χ3n) is 3.84. The van der Waals surface area contributed by atoms with Crippen molar-refractivity contribution in [1.29, 1.82) is 0 Å². The van der Waals surface area contributed by atoms with Crippen LogP contribution in [-0.4, -0.2) is 62.6 Å². The van der Waals surface area contributed by atoms with Crippen molar-refractivity contribution < 1.29 is 14.6 Å². The molecule has 5 nitrogen and oxygen atoms in total. The van der Waals surface area contributed by atoms with Crippen LogP contribution in [0.3, 0.4) is 0 Å². The van der Waals surface area contributed by atoms with Gasteiger partial charge in [-0.2, -0.15) is 0 Å². The van der Waals surface area contributed by atoms with E-state index in [0.29, 0.717) is 13.2 Å². The van der Waals surface area contributed by atoms with Crippen LogP contribution < -0.4 is 14.8 Å². The molecule has 5 heteroatoms. The summed E-state index contributed by atoms with van der Waals surface area (Å²) in [7, 11) is 1.67. The fourth-order valence-corrected chi connectivity index (χ4v) is 2.36. The second kappa shape index (κ2) is 11.3. The highest BCUT2D eigenvalue weighted by Crippen LogP contribution is 2.25. The summed E-state index contributed by atoms with van der Waals surface area (Å²) in [6.45, 7) is 11.2. The third kappa shape index (κ3) is 7.68. The number of likely N-dealkylation sites (N-methyl/N-ethyl adjacent to an activating group) is 1. The van der Waals surface area contributed by atoms with Crippen molar-refractivity contribution >= 4 is 0 Å². The standard InChI is InChI=1S/C18H32N2O3/c1-5-20(6-2)11-12-23-18-13-17(22-4)8-7-16(18)9-10-19-14-15(3)21/h7-8,13,15,19,21H,5-6,9-12,14H2,1-4H3. The van der Waals surface area contributed by atoms with Crippen molar-refractivity contribution in [2.45, 2.75) is 33.3 Å². The lowest BCUT2D eigenvalue weighted by atomic mass is 10.1. The Labute approximate surface area is 140 Å². The van der Waals surface area contributed by atoms with Crippen molar-refractivity contribution in [2.24, 2.45) is 0 Å². The molecule has 1 unspecified atom stereocenters. The molecule has 0 radical (unpaired) electrons. The minimum absolute atomic E-state index is 0.323. The highest BCUT2D eigenvalue weighted by molar-refractivity contribution is 5.41. The molecule has 1 aromatic rings. The van der Waals surface area contributed by atoms with E-state index in [4.69, 9.17) is 9.47 Å². The SMILES string of the molecule is CCN(CC)CCOc1cc(OC)ccc1CCNCC(C)O. The highest BCUT2D eigenvalue weighted by atomic mass is 16.5. The molecule has 0 aromatic heterocycles. The first kappa shape index (κ1) is 19.7. The molecule has 2 N–H and O–H groups in total. The predicted molar refractivity (Wildman–Crippen MR) is 94.5 cm³/mol. The quantitative estimate of drug-likeness (QED) is 0.576. The molecule has 0 saturated heterocycles. The first-order chi connectivity index (χ1) is 11.1.